The first-order valence-corrected chi connectivity index (χ1v) is 6.88. The van der Waals surface area contributed by atoms with Gasteiger partial charge in [0.15, 0.2) is 5.54 Å². The highest BCUT2D eigenvalue weighted by molar-refractivity contribution is 6.46. The van der Waals surface area contributed by atoms with Crippen molar-refractivity contribution in [3.8, 4) is 0 Å². The van der Waals surface area contributed by atoms with E-state index in [9.17, 15) is 14.4 Å². The Bertz CT molecular complexity index is 382. The second kappa shape index (κ2) is 5.82. The molecule has 1 aliphatic heterocycles. The van der Waals surface area contributed by atoms with E-state index in [4.69, 9.17) is 0 Å². The Labute approximate surface area is 114 Å². The van der Waals surface area contributed by atoms with Crippen molar-refractivity contribution >= 4 is 17.5 Å². The van der Waals surface area contributed by atoms with Crippen molar-refractivity contribution in [2.75, 3.05) is 13.6 Å². The molecule has 0 radical (unpaired) electrons. The average molecular weight is 268 g/mol. The molecule has 108 valence electrons. The summed E-state index contributed by atoms with van der Waals surface area (Å²) in [6.07, 6.45) is 2.64. The summed E-state index contributed by atoms with van der Waals surface area (Å²) in [6, 6.07) is 0. The van der Waals surface area contributed by atoms with Crippen molar-refractivity contribution in [1.29, 1.82) is 0 Å². The minimum absolute atomic E-state index is 0.386. The number of hydrogen-bond donors (Lipinski definition) is 2. The van der Waals surface area contributed by atoms with Crippen LogP contribution in [0.1, 0.15) is 46.5 Å². The maximum absolute atomic E-state index is 12.6. The van der Waals surface area contributed by atoms with E-state index < -0.39 is 28.4 Å². The van der Waals surface area contributed by atoms with Crippen molar-refractivity contribution in [2.24, 2.45) is 5.41 Å². The first kappa shape index (κ1) is 15.8. The lowest BCUT2D eigenvalue weighted by Gasteiger charge is -2.36. The Balaban J connectivity index is 3.09. The van der Waals surface area contributed by atoms with Gasteiger partial charge in [0.1, 0.15) is 0 Å². The normalized spacial score (nSPS) is 23.8. The SMILES string of the molecule is CCC(C)(C)C(=O)C(=O)C1(C(=O)NC)CCCCN1. The lowest BCUT2D eigenvalue weighted by atomic mass is 9.74. The summed E-state index contributed by atoms with van der Waals surface area (Å²) in [5, 5.41) is 5.48. The highest BCUT2D eigenvalue weighted by Gasteiger charge is 2.51. The first-order chi connectivity index (χ1) is 8.81. The lowest BCUT2D eigenvalue weighted by molar-refractivity contribution is -0.150. The van der Waals surface area contributed by atoms with Crippen LogP contribution in [0, 0.1) is 5.41 Å². The van der Waals surface area contributed by atoms with E-state index in [1.807, 2.05) is 6.92 Å². The Morgan fingerprint density at radius 1 is 1.26 bits per heavy atom. The number of piperidine rings is 1. The van der Waals surface area contributed by atoms with E-state index >= 15 is 0 Å². The van der Waals surface area contributed by atoms with Crippen LogP contribution in [0.4, 0.5) is 0 Å². The van der Waals surface area contributed by atoms with Gasteiger partial charge < -0.3 is 5.32 Å². The van der Waals surface area contributed by atoms with Gasteiger partial charge in [0.25, 0.3) is 0 Å². The van der Waals surface area contributed by atoms with Crippen LogP contribution in [0.15, 0.2) is 0 Å². The summed E-state index contributed by atoms with van der Waals surface area (Å²) in [6.45, 7) is 5.94. The van der Waals surface area contributed by atoms with Crippen LogP contribution in [0.2, 0.25) is 0 Å². The van der Waals surface area contributed by atoms with E-state index in [2.05, 4.69) is 10.6 Å². The van der Waals surface area contributed by atoms with Crippen molar-refractivity contribution < 1.29 is 14.4 Å². The fourth-order valence-corrected chi connectivity index (χ4v) is 2.27. The van der Waals surface area contributed by atoms with E-state index in [-0.39, 0.29) is 0 Å². The molecule has 1 rings (SSSR count). The summed E-state index contributed by atoms with van der Waals surface area (Å²) in [5.74, 6) is -1.47. The molecule has 0 aliphatic carbocycles. The van der Waals surface area contributed by atoms with E-state index in [1.54, 1.807) is 13.8 Å². The van der Waals surface area contributed by atoms with Gasteiger partial charge in [0.05, 0.1) is 0 Å². The lowest BCUT2D eigenvalue weighted by Crippen LogP contribution is -2.66. The molecule has 1 atom stereocenters. The third-order valence-corrected chi connectivity index (χ3v) is 4.11. The van der Waals surface area contributed by atoms with Gasteiger partial charge >= 0.3 is 0 Å². The second-order valence-electron chi connectivity index (χ2n) is 5.76. The van der Waals surface area contributed by atoms with Crippen molar-refractivity contribution in [3.05, 3.63) is 0 Å². The number of likely N-dealkylation sites (N-methyl/N-ethyl adjacent to an activating group) is 1. The number of nitrogens with one attached hydrogen (secondary N) is 2. The molecule has 0 spiro atoms. The molecular formula is C14H24N2O3. The van der Waals surface area contributed by atoms with E-state index in [0.717, 1.165) is 12.8 Å². The molecule has 0 saturated carbocycles. The summed E-state index contributed by atoms with van der Waals surface area (Å²) < 4.78 is 0. The zero-order chi connectivity index (χ0) is 14.7. The number of Topliss-reactive ketones (excluding diaryl/α,β-unsaturated/α-hetero) is 2. The van der Waals surface area contributed by atoms with Gasteiger partial charge in [-0.1, -0.05) is 20.8 Å². The predicted octanol–water partition coefficient (Wildman–Crippen LogP) is 0.819. The number of carbonyl (C=O) groups is 3. The number of carbonyl (C=O) groups excluding carboxylic acids is 3. The maximum Gasteiger partial charge on any atom is 0.248 e. The van der Waals surface area contributed by atoms with Crippen LogP contribution in [0.3, 0.4) is 0 Å². The molecule has 19 heavy (non-hydrogen) atoms. The molecule has 1 aliphatic rings. The smallest absolute Gasteiger partial charge is 0.248 e. The van der Waals surface area contributed by atoms with Gasteiger partial charge in [-0.15, -0.1) is 0 Å². The van der Waals surface area contributed by atoms with Crippen molar-refractivity contribution in [3.63, 3.8) is 0 Å². The van der Waals surface area contributed by atoms with Crippen LogP contribution in [-0.4, -0.2) is 36.6 Å². The molecular weight excluding hydrogens is 244 g/mol. The van der Waals surface area contributed by atoms with E-state index in [0.29, 0.717) is 19.4 Å². The molecule has 1 fully saturated rings. The summed E-state index contributed by atoms with van der Waals surface area (Å²) in [4.78, 5) is 37.0. The van der Waals surface area contributed by atoms with Gasteiger partial charge in [-0.3, -0.25) is 19.7 Å². The van der Waals surface area contributed by atoms with Gasteiger partial charge in [-0.2, -0.15) is 0 Å². The molecule has 1 heterocycles. The van der Waals surface area contributed by atoms with Crippen LogP contribution >= 0.6 is 0 Å². The maximum atomic E-state index is 12.6. The molecule has 0 aromatic heterocycles. The molecule has 5 heteroatoms. The Hall–Kier alpha value is -1.23. The number of amides is 1. The summed E-state index contributed by atoms with van der Waals surface area (Å²) in [5.41, 5.74) is -2.09. The Morgan fingerprint density at radius 2 is 1.89 bits per heavy atom. The fourth-order valence-electron chi connectivity index (χ4n) is 2.27. The molecule has 1 amide bonds. The Morgan fingerprint density at radius 3 is 2.32 bits per heavy atom. The van der Waals surface area contributed by atoms with Crippen LogP contribution in [-0.2, 0) is 14.4 Å². The van der Waals surface area contributed by atoms with Gasteiger partial charge in [0, 0.05) is 12.5 Å². The fraction of sp³-hybridized carbons (Fsp3) is 0.786. The van der Waals surface area contributed by atoms with Gasteiger partial charge in [-0.25, -0.2) is 0 Å². The first-order valence-electron chi connectivity index (χ1n) is 6.88. The molecule has 0 aromatic rings. The molecule has 0 aromatic carbocycles. The zero-order valence-corrected chi connectivity index (χ0v) is 12.3. The number of ketones is 2. The van der Waals surface area contributed by atoms with Crippen LogP contribution in [0.5, 0.6) is 0 Å². The highest BCUT2D eigenvalue weighted by atomic mass is 16.2. The van der Waals surface area contributed by atoms with Crippen molar-refractivity contribution in [1.82, 2.24) is 10.6 Å². The summed E-state index contributed by atoms with van der Waals surface area (Å²) >= 11 is 0. The monoisotopic (exact) mass is 268 g/mol. The molecule has 5 nitrogen and oxygen atoms in total. The summed E-state index contributed by atoms with van der Waals surface area (Å²) in [7, 11) is 1.49. The third kappa shape index (κ3) is 2.86. The largest absolute Gasteiger partial charge is 0.357 e. The zero-order valence-electron chi connectivity index (χ0n) is 12.3. The molecule has 1 saturated heterocycles. The predicted molar refractivity (Wildman–Crippen MR) is 72.7 cm³/mol. The van der Waals surface area contributed by atoms with Crippen LogP contribution < -0.4 is 10.6 Å². The topological polar surface area (TPSA) is 75.3 Å². The second-order valence-corrected chi connectivity index (χ2v) is 5.76. The number of rotatable bonds is 5. The third-order valence-electron chi connectivity index (χ3n) is 4.11. The average Bonchev–Trinajstić information content (AvgIpc) is 2.45. The Kier molecular flexibility index (Phi) is 4.85. The molecule has 0 bridgehead atoms. The number of hydrogen-bond acceptors (Lipinski definition) is 4. The van der Waals surface area contributed by atoms with Crippen LogP contribution in [0.25, 0.3) is 0 Å². The van der Waals surface area contributed by atoms with E-state index in [1.165, 1.54) is 7.05 Å². The molecule has 2 N–H and O–H groups in total. The minimum Gasteiger partial charge on any atom is -0.357 e. The van der Waals surface area contributed by atoms with Gasteiger partial charge in [0.2, 0.25) is 17.5 Å². The quantitative estimate of drug-likeness (QED) is 0.572. The minimum atomic E-state index is -1.36. The molecule has 1 unspecified atom stereocenters. The highest BCUT2D eigenvalue weighted by Crippen LogP contribution is 2.28. The van der Waals surface area contributed by atoms with Gasteiger partial charge in [-0.05, 0) is 32.2 Å². The standard InChI is InChI=1S/C14H24N2O3/c1-5-13(2,3)10(17)11(18)14(12(19)15-4)8-6-7-9-16-14/h16H,5-9H2,1-4H3,(H,15,19). The van der Waals surface area contributed by atoms with Crippen molar-refractivity contribution in [2.45, 2.75) is 52.0 Å².